The van der Waals surface area contributed by atoms with Crippen molar-refractivity contribution < 1.29 is 24.1 Å². The summed E-state index contributed by atoms with van der Waals surface area (Å²) in [6.45, 7) is 0.784. The first-order chi connectivity index (χ1) is 11.7. The number of fused-ring (bicyclic) bond motifs is 2. The zero-order valence-corrected chi connectivity index (χ0v) is 13.9. The highest BCUT2D eigenvalue weighted by atomic mass is 16.7. The standard InChI is InChI=1S/C18H23NO5/c1-22-15-8-17-16(23-10-24-17)7-12(15)9-19-13-5-3-2-4-11(13)6-14(19)18(20)21/h7-8,11,13-14H,2-6,9-10H2,1H3,(H,20,21). The molecule has 2 fully saturated rings. The molecule has 1 saturated carbocycles. The van der Waals surface area contributed by atoms with Crippen molar-refractivity contribution in [3.8, 4) is 17.2 Å². The van der Waals surface area contributed by atoms with Crippen molar-refractivity contribution in [2.24, 2.45) is 5.92 Å². The van der Waals surface area contributed by atoms with Crippen molar-refractivity contribution in [3.63, 3.8) is 0 Å². The molecule has 130 valence electrons. The van der Waals surface area contributed by atoms with Crippen molar-refractivity contribution in [1.82, 2.24) is 4.90 Å². The number of carbonyl (C=O) groups is 1. The van der Waals surface area contributed by atoms with Gasteiger partial charge < -0.3 is 19.3 Å². The molecule has 0 spiro atoms. The summed E-state index contributed by atoms with van der Waals surface area (Å²) >= 11 is 0. The van der Waals surface area contributed by atoms with Crippen LogP contribution in [0.3, 0.4) is 0 Å². The number of ether oxygens (including phenoxy) is 3. The largest absolute Gasteiger partial charge is 0.496 e. The van der Waals surface area contributed by atoms with Crippen molar-refractivity contribution >= 4 is 5.97 Å². The molecule has 1 aromatic carbocycles. The third-order valence-electron chi connectivity index (χ3n) is 5.63. The number of nitrogens with zero attached hydrogens (tertiary/aromatic N) is 1. The fourth-order valence-corrected chi connectivity index (χ4v) is 4.50. The molecule has 0 aromatic heterocycles. The van der Waals surface area contributed by atoms with E-state index in [0.29, 0.717) is 30.0 Å². The SMILES string of the molecule is COc1cc2c(cc1CN1C(C(=O)O)CC3CCCCC31)OCO2. The molecule has 3 unspecified atom stereocenters. The molecule has 6 nitrogen and oxygen atoms in total. The van der Waals surface area contributed by atoms with Crippen LogP contribution in [0.5, 0.6) is 17.2 Å². The third kappa shape index (κ3) is 2.59. The Morgan fingerprint density at radius 3 is 2.79 bits per heavy atom. The Morgan fingerprint density at radius 1 is 1.29 bits per heavy atom. The number of carboxylic acids is 1. The van der Waals surface area contributed by atoms with Crippen LogP contribution in [0, 0.1) is 5.92 Å². The second kappa shape index (κ2) is 6.16. The number of benzene rings is 1. The molecule has 1 N–H and O–H groups in total. The number of carboxylic acid groups (broad SMARTS) is 1. The molecule has 3 aliphatic rings. The molecule has 1 aliphatic carbocycles. The summed E-state index contributed by atoms with van der Waals surface area (Å²) in [6.07, 6.45) is 5.38. The summed E-state index contributed by atoms with van der Waals surface area (Å²) in [5.41, 5.74) is 0.958. The zero-order chi connectivity index (χ0) is 16.7. The highest BCUT2D eigenvalue weighted by Crippen LogP contribution is 2.43. The second-order valence-corrected chi connectivity index (χ2v) is 6.89. The molecular weight excluding hydrogens is 310 g/mol. The van der Waals surface area contributed by atoms with E-state index in [9.17, 15) is 9.90 Å². The molecule has 0 amide bonds. The van der Waals surface area contributed by atoms with Crippen LogP contribution in [0.15, 0.2) is 12.1 Å². The van der Waals surface area contributed by atoms with Gasteiger partial charge in [-0.15, -0.1) is 0 Å². The first kappa shape index (κ1) is 15.6. The second-order valence-electron chi connectivity index (χ2n) is 6.89. The van der Waals surface area contributed by atoms with Crippen LogP contribution in [-0.4, -0.2) is 42.0 Å². The normalized spacial score (nSPS) is 28.6. The van der Waals surface area contributed by atoms with Crippen molar-refractivity contribution in [2.75, 3.05) is 13.9 Å². The maximum Gasteiger partial charge on any atom is 0.320 e. The summed E-state index contributed by atoms with van der Waals surface area (Å²) in [7, 11) is 1.63. The van der Waals surface area contributed by atoms with E-state index >= 15 is 0 Å². The van der Waals surface area contributed by atoms with Gasteiger partial charge in [0, 0.05) is 24.2 Å². The van der Waals surface area contributed by atoms with Crippen LogP contribution in [0.25, 0.3) is 0 Å². The molecule has 2 aliphatic heterocycles. The molecule has 2 heterocycles. The van der Waals surface area contributed by atoms with E-state index in [1.54, 1.807) is 7.11 Å². The van der Waals surface area contributed by atoms with Crippen LogP contribution in [0.1, 0.15) is 37.7 Å². The number of rotatable bonds is 4. The van der Waals surface area contributed by atoms with Crippen molar-refractivity contribution in [1.29, 1.82) is 0 Å². The number of methoxy groups -OCH3 is 1. The van der Waals surface area contributed by atoms with Gasteiger partial charge in [0.1, 0.15) is 11.8 Å². The van der Waals surface area contributed by atoms with Gasteiger partial charge in [0.05, 0.1) is 7.11 Å². The first-order valence-corrected chi connectivity index (χ1v) is 8.62. The monoisotopic (exact) mass is 333 g/mol. The maximum atomic E-state index is 11.8. The first-order valence-electron chi connectivity index (χ1n) is 8.62. The van der Waals surface area contributed by atoms with E-state index in [-0.39, 0.29) is 6.79 Å². The van der Waals surface area contributed by atoms with E-state index in [1.807, 2.05) is 12.1 Å². The molecule has 1 aromatic rings. The van der Waals surface area contributed by atoms with Gasteiger partial charge in [-0.25, -0.2) is 0 Å². The minimum absolute atomic E-state index is 0.216. The molecule has 0 bridgehead atoms. The number of hydrogen-bond acceptors (Lipinski definition) is 5. The van der Waals surface area contributed by atoms with Gasteiger partial charge >= 0.3 is 5.97 Å². The number of aliphatic carboxylic acids is 1. The highest BCUT2D eigenvalue weighted by Gasteiger charge is 2.45. The lowest BCUT2D eigenvalue weighted by Gasteiger charge is -2.33. The van der Waals surface area contributed by atoms with Gasteiger partial charge in [-0.3, -0.25) is 9.69 Å². The lowest BCUT2D eigenvalue weighted by molar-refractivity contribution is -0.142. The minimum atomic E-state index is -0.718. The Morgan fingerprint density at radius 2 is 2.04 bits per heavy atom. The predicted octanol–water partition coefficient (Wildman–Crippen LogP) is 2.64. The summed E-state index contributed by atoms with van der Waals surface area (Å²) in [4.78, 5) is 13.9. The van der Waals surface area contributed by atoms with Crippen LogP contribution >= 0.6 is 0 Å². The third-order valence-corrected chi connectivity index (χ3v) is 5.63. The van der Waals surface area contributed by atoms with Crippen molar-refractivity contribution in [3.05, 3.63) is 17.7 Å². The lowest BCUT2D eigenvalue weighted by atomic mass is 9.84. The van der Waals surface area contributed by atoms with Crippen LogP contribution in [0.4, 0.5) is 0 Å². The maximum absolute atomic E-state index is 11.8. The Balaban J connectivity index is 1.64. The molecule has 24 heavy (non-hydrogen) atoms. The molecule has 0 radical (unpaired) electrons. The van der Waals surface area contributed by atoms with E-state index < -0.39 is 12.0 Å². The Hall–Kier alpha value is -1.95. The average Bonchev–Trinajstić information content (AvgIpc) is 3.18. The van der Waals surface area contributed by atoms with E-state index in [0.717, 1.165) is 30.6 Å². The van der Waals surface area contributed by atoms with Gasteiger partial charge in [-0.2, -0.15) is 0 Å². The summed E-state index contributed by atoms with van der Waals surface area (Å²) in [5.74, 6) is 1.89. The lowest BCUT2D eigenvalue weighted by Crippen LogP contribution is -2.41. The minimum Gasteiger partial charge on any atom is -0.496 e. The van der Waals surface area contributed by atoms with Gasteiger partial charge in [0.2, 0.25) is 6.79 Å². The van der Waals surface area contributed by atoms with Crippen molar-refractivity contribution in [2.45, 2.75) is 50.7 Å². The Bertz CT molecular complexity index is 647. The Labute approximate surface area is 141 Å². The Kier molecular flexibility index (Phi) is 4.00. The quantitative estimate of drug-likeness (QED) is 0.913. The van der Waals surface area contributed by atoms with Crippen LogP contribution < -0.4 is 14.2 Å². The van der Waals surface area contributed by atoms with Crippen LogP contribution in [-0.2, 0) is 11.3 Å². The molecule has 4 rings (SSSR count). The van der Waals surface area contributed by atoms with Crippen LogP contribution in [0.2, 0.25) is 0 Å². The zero-order valence-electron chi connectivity index (χ0n) is 13.9. The topological polar surface area (TPSA) is 68.2 Å². The van der Waals surface area contributed by atoms with E-state index in [1.165, 1.54) is 12.8 Å². The van der Waals surface area contributed by atoms with Gasteiger partial charge in [0.25, 0.3) is 0 Å². The molecule has 1 saturated heterocycles. The summed E-state index contributed by atoms with van der Waals surface area (Å²) in [5, 5.41) is 9.67. The highest BCUT2D eigenvalue weighted by molar-refractivity contribution is 5.74. The molecule has 6 heteroatoms. The predicted molar refractivity (Wildman–Crippen MR) is 86.4 cm³/mol. The fraction of sp³-hybridized carbons (Fsp3) is 0.611. The summed E-state index contributed by atoms with van der Waals surface area (Å²) < 4.78 is 16.4. The van der Waals surface area contributed by atoms with E-state index in [4.69, 9.17) is 14.2 Å². The summed E-state index contributed by atoms with van der Waals surface area (Å²) in [6, 6.07) is 3.71. The fourth-order valence-electron chi connectivity index (χ4n) is 4.50. The number of likely N-dealkylation sites (tertiary alicyclic amines) is 1. The van der Waals surface area contributed by atoms with Gasteiger partial charge in [0.15, 0.2) is 11.5 Å². The average molecular weight is 333 g/mol. The van der Waals surface area contributed by atoms with E-state index in [2.05, 4.69) is 4.90 Å². The van der Waals surface area contributed by atoms with Gasteiger partial charge in [-0.1, -0.05) is 12.8 Å². The van der Waals surface area contributed by atoms with Gasteiger partial charge in [-0.05, 0) is 31.2 Å². The molecular formula is C18H23NO5. The smallest absolute Gasteiger partial charge is 0.320 e. The molecule has 3 atom stereocenters. The number of hydrogen-bond donors (Lipinski definition) is 1.